The van der Waals surface area contributed by atoms with Gasteiger partial charge in [0.1, 0.15) is 0 Å². The zero-order valence-corrected chi connectivity index (χ0v) is 9.45. The molecule has 0 bridgehead atoms. The lowest BCUT2D eigenvalue weighted by molar-refractivity contribution is -0.112. The first kappa shape index (κ1) is 10.9. The molecule has 0 aliphatic carbocycles. The van der Waals surface area contributed by atoms with Crippen LogP contribution in [0.4, 0.5) is 0 Å². The molecule has 1 nitrogen and oxygen atoms in total. The standard InChI is InChI=1S/C14H11ClO/c15-10-14(16)8-6-11-5-7-12-3-1-2-4-13(12)9-11/h1-9H,10H2/b8-6+. The third-order valence-electron chi connectivity index (χ3n) is 2.37. The Kier molecular flexibility index (Phi) is 3.37. The molecular formula is C14H11ClO. The van der Waals surface area contributed by atoms with Crippen LogP contribution in [-0.2, 0) is 4.79 Å². The van der Waals surface area contributed by atoms with Crippen molar-refractivity contribution in [1.29, 1.82) is 0 Å². The summed E-state index contributed by atoms with van der Waals surface area (Å²) in [5, 5.41) is 2.37. The number of fused-ring (bicyclic) bond motifs is 1. The van der Waals surface area contributed by atoms with Crippen molar-refractivity contribution in [2.24, 2.45) is 0 Å². The predicted molar refractivity (Wildman–Crippen MR) is 68.7 cm³/mol. The van der Waals surface area contributed by atoms with Gasteiger partial charge in [0, 0.05) is 0 Å². The molecule has 0 atom stereocenters. The Bertz CT molecular complexity index is 543. The van der Waals surface area contributed by atoms with Crippen molar-refractivity contribution < 1.29 is 4.79 Å². The minimum absolute atomic E-state index is 0.0318. The maximum Gasteiger partial charge on any atom is 0.170 e. The molecule has 0 radical (unpaired) electrons. The van der Waals surface area contributed by atoms with E-state index in [-0.39, 0.29) is 11.7 Å². The van der Waals surface area contributed by atoms with Gasteiger partial charge in [-0.3, -0.25) is 4.79 Å². The Morgan fingerprint density at radius 1 is 1.12 bits per heavy atom. The van der Waals surface area contributed by atoms with Gasteiger partial charge in [-0.1, -0.05) is 42.5 Å². The number of benzene rings is 2. The molecule has 16 heavy (non-hydrogen) atoms. The van der Waals surface area contributed by atoms with Gasteiger partial charge in [0.15, 0.2) is 5.78 Å². The first-order valence-electron chi connectivity index (χ1n) is 5.05. The predicted octanol–water partition coefficient (Wildman–Crippen LogP) is 3.66. The van der Waals surface area contributed by atoms with Crippen LogP contribution in [0, 0.1) is 0 Å². The van der Waals surface area contributed by atoms with E-state index in [2.05, 4.69) is 12.1 Å². The van der Waals surface area contributed by atoms with E-state index in [1.54, 1.807) is 6.08 Å². The van der Waals surface area contributed by atoms with Gasteiger partial charge in [-0.05, 0) is 28.5 Å². The van der Waals surface area contributed by atoms with E-state index in [1.807, 2.05) is 30.3 Å². The molecule has 0 saturated carbocycles. The first-order valence-corrected chi connectivity index (χ1v) is 5.59. The monoisotopic (exact) mass is 230 g/mol. The van der Waals surface area contributed by atoms with Crippen molar-refractivity contribution in [3.8, 4) is 0 Å². The van der Waals surface area contributed by atoms with E-state index < -0.39 is 0 Å². The SMILES string of the molecule is O=C(/C=C/c1ccc2ccccc2c1)CCl. The molecule has 0 spiro atoms. The highest BCUT2D eigenvalue weighted by molar-refractivity contribution is 6.29. The zero-order chi connectivity index (χ0) is 11.4. The van der Waals surface area contributed by atoms with Crippen LogP contribution in [0.5, 0.6) is 0 Å². The maximum absolute atomic E-state index is 11.0. The molecule has 0 unspecified atom stereocenters. The van der Waals surface area contributed by atoms with Gasteiger partial charge >= 0.3 is 0 Å². The van der Waals surface area contributed by atoms with Crippen LogP contribution in [0.15, 0.2) is 48.5 Å². The van der Waals surface area contributed by atoms with E-state index in [4.69, 9.17) is 11.6 Å². The van der Waals surface area contributed by atoms with Crippen molar-refractivity contribution in [3.63, 3.8) is 0 Å². The lowest BCUT2D eigenvalue weighted by Crippen LogP contribution is -1.91. The number of allylic oxidation sites excluding steroid dienone is 1. The first-order chi connectivity index (χ1) is 7.79. The highest BCUT2D eigenvalue weighted by Crippen LogP contribution is 2.16. The summed E-state index contributed by atoms with van der Waals surface area (Å²) in [4.78, 5) is 11.0. The summed E-state index contributed by atoms with van der Waals surface area (Å²) in [7, 11) is 0. The van der Waals surface area contributed by atoms with Crippen molar-refractivity contribution >= 4 is 34.2 Å². The molecule has 0 N–H and O–H groups in total. The normalized spacial score (nSPS) is 11.1. The van der Waals surface area contributed by atoms with Crippen molar-refractivity contribution in [1.82, 2.24) is 0 Å². The summed E-state index contributed by atoms with van der Waals surface area (Å²) in [6, 6.07) is 14.2. The average molecular weight is 231 g/mol. The second kappa shape index (κ2) is 4.95. The second-order valence-electron chi connectivity index (χ2n) is 3.54. The maximum atomic E-state index is 11.0. The van der Waals surface area contributed by atoms with E-state index in [0.717, 1.165) is 5.56 Å². The Morgan fingerprint density at radius 2 is 1.88 bits per heavy atom. The molecule has 2 heteroatoms. The lowest BCUT2D eigenvalue weighted by Gasteiger charge is -1.98. The Balaban J connectivity index is 2.33. The molecule has 80 valence electrons. The molecule has 2 aromatic carbocycles. The molecule has 0 aromatic heterocycles. The minimum Gasteiger partial charge on any atom is -0.294 e. The molecule has 0 amide bonds. The zero-order valence-electron chi connectivity index (χ0n) is 8.69. The number of alkyl halides is 1. The average Bonchev–Trinajstić information content (AvgIpc) is 2.35. The molecule has 2 rings (SSSR count). The quantitative estimate of drug-likeness (QED) is 0.581. The Labute approximate surface area is 99.3 Å². The molecule has 2 aromatic rings. The summed E-state index contributed by atoms with van der Waals surface area (Å²) in [5.74, 6) is -0.0424. The fourth-order valence-electron chi connectivity index (χ4n) is 1.55. The van der Waals surface area contributed by atoms with Gasteiger partial charge in [-0.15, -0.1) is 11.6 Å². The van der Waals surface area contributed by atoms with E-state index >= 15 is 0 Å². The number of hydrogen-bond acceptors (Lipinski definition) is 1. The third-order valence-corrected chi connectivity index (χ3v) is 2.63. The van der Waals surface area contributed by atoms with Gasteiger partial charge in [-0.2, -0.15) is 0 Å². The number of rotatable bonds is 3. The van der Waals surface area contributed by atoms with Crippen LogP contribution in [0.2, 0.25) is 0 Å². The van der Waals surface area contributed by atoms with Gasteiger partial charge in [0.2, 0.25) is 0 Å². The molecule has 0 aliphatic rings. The second-order valence-corrected chi connectivity index (χ2v) is 3.81. The Hall–Kier alpha value is -1.60. The third kappa shape index (κ3) is 2.50. The summed E-state index contributed by atoms with van der Waals surface area (Å²) in [5.41, 5.74) is 1.01. The van der Waals surface area contributed by atoms with Gasteiger partial charge in [0.05, 0.1) is 5.88 Å². The lowest BCUT2D eigenvalue weighted by atomic mass is 10.1. The molecular weight excluding hydrogens is 220 g/mol. The highest BCUT2D eigenvalue weighted by atomic mass is 35.5. The van der Waals surface area contributed by atoms with Crippen molar-refractivity contribution in [3.05, 3.63) is 54.1 Å². The molecule has 0 saturated heterocycles. The minimum atomic E-state index is -0.0742. The van der Waals surface area contributed by atoms with E-state index in [1.165, 1.54) is 16.8 Å². The molecule has 0 heterocycles. The van der Waals surface area contributed by atoms with Crippen molar-refractivity contribution in [2.45, 2.75) is 0 Å². The summed E-state index contributed by atoms with van der Waals surface area (Å²) in [6.07, 6.45) is 3.30. The molecule has 0 fully saturated rings. The van der Waals surface area contributed by atoms with Gasteiger partial charge in [0.25, 0.3) is 0 Å². The van der Waals surface area contributed by atoms with Gasteiger partial charge in [-0.25, -0.2) is 0 Å². The number of halogens is 1. The van der Waals surface area contributed by atoms with Crippen LogP contribution in [0.25, 0.3) is 16.8 Å². The van der Waals surface area contributed by atoms with Crippen LogP contribution >= 0.6 is 11.6 Å². The van der Waals surface area contributed by atoms with Crippen LogP contribution in [-0.4, -0.2) is 11.7 Å². The number of carbonyl (C=O) groups is 1. The van der Waals surface area contributed by atoms with Crippen LogP contribution in [0.3, 0.4) is 0 Å². The number of hydrogen-bond donors (Lipinski definition) is 0. The van der Waals surface area contributed by atoms with Crippen LogP contribution < -0.4 is 0 Å². The smallest absolute Gasteiger partial charge is 0.170 e. The fraction of sp³-hybridized carbons (Fsp3) is 0.0714. The summed E-state index contributed by atoms with van der Waals surface area (Å²) < 4.78 is 0. The van der Waals surface area contributed by atoms with E-state index in [0.29, 0.717) is 0 Å². The van der Waals surface area contributed by atoms with Gasteiger partial charge < -0.3 is 0 Å². The number of ketones is 1. The van der Waals surface area contributed by atoms with Crippen LogP contribution in [0.1, 0.15) is 5.56 Å². The fourth-order valence-corrected chi connectivity index (χ4v) is 1.63. The topological polar surface area (TPSA) is 17.1 Å². The number of carbonyl (C=O) groups excluding carboxylic acids is 1. The Morgan fingerprint density at radius 3 is 2.62 bits per heavy atom. The summed E-state index contributed by atoms with van der Waals surface area (Å²) in [6.45, 7) is 0. The van der Waals surface area contributed by atoms with E-state index in [9.17, 15) is 4.79 Å². The summed E-state index contributed by atoms with van der Waals surface area (Å²) >= 11 is 5.41. The largest absolute Gasteiger partial charge is 0.294 e. The highest BCUT2D eigenvalue weighted by Gasteiger charge is 1.94. The molecule has 0 aliphatic heterocycles. The van der Waals surface area contributed by atoms with Crippen molar-refractivity contribution in [2.75, 3.05) is 5.88 Å².